The topological polar surface area (TPSA) is 119 Å². The van der Waals surface area contributed by atoms with Gasteiger partial charge >= 0.3 is 0 Å². The molecule has 0 radical (unpaired) electrons. The van der Waals surface area contributed by atoms with Crippen molar-refractivity contribution in [2.45, 2.75) is 24.3 Å². The highest BCUT2D eigenvalue weighted by Crippen LogP contribution is 2.08. The molecule has 0 amide bonds. The Bertz CT molecular complexity index is 809. The molecule has 1 heterocycles. The molecule has 1 aromatic carbocycles. The summed E-state index contributed by atoms with van der Waals surface area (Å²) in [5.41, 5.74) is 1.01. The van der Waals surface area contributed by atoms with E-state index in [1.807, 2.05) is 12.1 Å². The zero-order valence-electron chi connectivity index (χ0n) is 15.8. The van der Waals surface area contributed by atoms with Gasteiger partial charge in [-0.15, -0.1) is 24.0 Å². The molecule has 0 aliphatic heterocycles. The predicted octanol–water partition coefficient (Wildman–Crippen LogP) is 1.86. The number of aliphatic imine (C=N–C) groups is 1. The van der Waals surface area contributed by atoms with Crippen LogP contribution >= 0.6 is 24.0 Å². The second-order valence-corrected chi connectivity index (χ2v) is 7.41. The molecule has 0 atom stereocenters. The van der Waals surface area contributed by atoms with Crippen LogP contribution in [0.2, 0.25) is 0 Å². The number of hydrogen-bond donors (Lipinski definition) is 3. The van der Waals surface area contributed by atoms with Crippen molar-refractivity contribution in [2.75, 3.05) is 26.7 Å². The number of halogens is 1. The Hall–Kier alpha value is -1.63. The van der Waals surface area contributed by atoms with Gasteiger partial charge in [0, 0.05) is 26.7 Å². The molecular weight excluding hydrogens is 495 g/mol. The highest BCUT2D eigenvalue weighted by atomic mass is 127. The molecule has 0 aliphatic carbocycles. The number of nitrogens with two attached hydrogens (primary N) is 1. The Balaban J connectivity index is 0.00000392. The first-order valence-electron chi connectivity index (χ1n) is 8.65. The molecule has 0 unspecified atom stereocenters. The van der Waals surface area contributed by atoms with E-state index in [2.05, 4.69) is 15.6 Å². The number of ether oxygens (including phenoxy) is 1. The van der Waals surface area contributed by atoms with Crippen LogP contribution in [0.5, 0.6) is 0 Å². The number of rotatable bonds is 10. The van der Waals surface area contributed by atoms with Gasteiger partial charge in [-0.2, -0.15) is 0 Å². The molecule has 10 heteroatoms. The molecule has 8 nitrogen and oxygen atoms in total. The number of primary sulfonamides is 1. The minimum absolute atomic E-state index is 0. The molecule has 0 saturated heterocycles. The Morgan fingerprint density at radius 3 is 2.50 bits per heavy atom. The zero-order chi connectivity index (χ0) is 19.5. The van der Waals surface area contributed by atoms with Crippen molar-refractivity contribution in [2.24, 2.45) is 10.1 Å². The molecular formula is C18H27IN4O4S. The van der Waals surface area contributed by atoms with Gasteiger partial charge in [0.05, 0.1) is 11.2 Å². The van der Waals surface area contributed by atoms with Crippen LogP contribution in [-0.2, 0) is 27.8 Å². The number of sulfonamides is 1. The first kappa shape index (κ1) is 24.4. The zero-order valence-corrected chi connectivity index (χ0v) is 18.9. The highest BCUT2D eigenvalue weighted by Gasteiger charge is 2.06. The summed E-state index contributed by atoms with van der Waals surface area (Å²) in [5, 5.41) is 11.5. The summed E-state index contributed by atoms with van der Waals surface area (Å²) in [6.45, 7) is 2.51. The summed E-state index contributed by atoms with van der Waals surface area (Å²) in [6.07, 6.45) is 3.21. The van der Waals surface area contributed by atoms with E-state index in [0.29, 0.717) is 25.7 Å². The molecule has 156 valence electrons. The summed E-state index contributed by atoms with van der Waals surface area (Å²) in [5.74, 6) is 1.53. The maximum Gasteiger partial charge on any atom is 0.238 e. The van der Waals surface area contributed by atoms with Gasteiger partial charge in [0.2, 0.25) is 10.0 Å². The van der Waals surface area contributed by atoms with E-state index < -0.39 is 10.0 Å². The predicted molar refractivity (Wildman–Crippen MR) is 119 cm³/mol. The summed E-state index contributed by atoms with van der Waals surface area (Å²) < 4.78 is 33.2. The lowest BCUT2D eigenvalue weighted by Crippen LogP contribution is -2.39. The summed E-state index contributed by atoms with van der Waals surface area (Å²) in [6, 6.07) is 10.3. The van der Waals surface area contributed by atoms with Crippen molar-refractivity contribution >= 4 is 40.0 Å². The van der Waals surface area contributed by atoms with Gasteiger partial charge in [-0.3, -0.25) is 4.99 Å². The van der Waals surface area contributed by atoms with Crippen LogP contribution in [0, 0.1) is 0 Å². The number of nitrogens with one attached hydrogen (secondary N) is 2. The fourth-order valence-corrected chi connectivity index (χ4v) is 2.86. The van der Waals surface area contributed by atoms with Crippen molar-refractivity contribution in [1.82, 2.24) is 10.6 Å². The van der Waals surface area contributed by atoms with Crippen LogP contribution in [0.15, 0.2) is 57.0 Å². The Labute approximate surface area is 183 Å². The van der Waals surface area contributed by atoms with Crippen molar-refractivity contribution in [1.29, 1.82) is 0 Å². The van der Waals surface area contributed by atoms with E-state index >= 15 is 0 Å². The Morgan fingerprint density at radius 1 is 1.18 bits per heavy atom. The van der Waals surface area contributed by atoms with Gasteiger partial charge in [0.15, 0.2) is 5.96 Å². The number of benzene rings is 1. The first-order valence-corrected chi connectivity index (χ1v) is 10.2. The standard InChI is InChI=1S/C18H26N4O4S.HI/c1-20-18(21-10-3-12-25-14-16-4-2-13-26-16)22-11-9-15-5-7-17(8-6-15)27(19,23)24;/h2,4-8,13H,3,9-12,14H2,1H3,(H2,19,23,24)(H2,20,21,22);1H. The van der Waals surface area contributed by atoms with Crippen LogP contribution < -0.4 is 15.8 Å². The van der Waals surface area contributed by atoms with Crippen molar-refractivity contribution in [3.05, 3.63) is 54.0 Å². The number of hydrogen-bond acceptors (Lipinski definition) is 5. The second kappa shape index (κ2) is 12.8. The van der Waals surface area contributed by atoms with Crippen molar-refractivity contribution in [3.8, 4) is 0 Å². The molecule has 0 saturated carbocycles. The molecule has 0 fully saturated rings. The SMILES string of the molecule is CN=C(NCCCOCc1ccco1)NCCc1ccc(S(N)(=O)=O)cc1.I. The normalized spacial score (nSPS) is 11.7. The van der Waals surface area contributed by atoms with Gasteiger partial charge < -0.3 is 19.8 Å². The summed E-state index contributed by atoms with van der Waals surface area (Å²) in [4.78, 5) is 4.28. The summed E-state index contributed by atoms with van der Waals surface area (Å²) in [7, 11) is -1.94. The Morgan fingerprint density at radius 2 is 1.89 bits per heavy atom. The van der Waals surface area contributed by atoms with E-state index in [4.69, 9.17) is 14.3 Å². The lowest BCUT2D eigenvalue weighted by Gasteiger charge is -2.12. The molecule has 2 aromatic rings. The monoisotopic (exact) mass is 522 g/mol. The van der Waals surface area contributed by atoms with Crippen LogP contribution in [0.3, 0.4) is 0 Å². The van der Waals surface area contributed by atoms with E-state index in [1.54, 1.807) is 25.4 Å². The van der Waals surface area contributed by atoms with Gasteiger partial charge in [-0.25, -0.2) is 13.6 Å². The third-order valence-corrected chi connectivity index (χ3v) is 4.69. The number of furan rings is 1. The average Bonchev–Trinajstić information content (AvgIpc) is 3.16. The van der Waals surface area contributed by atoms with E-state index in [1.165, 1.54) is 12.1 Å². The van der Waals surface area contributed by atoms with Gasteiger partial charge in [0.1, 0.15) is 12.4 Å². The van der Waals surface area contributed by atoms with Crippen molar-refractivity contribution < 1.29 is 17.6 Å². The Kier molecular flexibility index (Phi) is 11.1. The third kappa shape index (κ3) is 9.04. The number of nitrogens with zero attached hydrogens (tertiary/aromatic N) is 1. The van der Waals surface area contributed by atoms with Crippen LogP contribution in [0.1, 0.15) is 17.7 Å². The minimum Gasteiger partial charge on any atom is -0.467 e. The molecule has 0 spiro atoms. The fraction of sp³-hybridized carbons (Fsp3) is 0.389. The summed E-state index contributed by atoms with van der Waals surface area (Å²) >= 11 is 0. The lowest BCUT2D eigenvalue weighted by molar-refractivity contribution is 0.105. The quantitative estimate of drug-likeness (QED) is 0.190. The maximum absolute atomic E-state index is 11.2. The number of guanidine groups is 1. The van der Waals surface area contributed by atoms with Gasteiger partial charge in [0.25, 0.3) is 0 Å². The average molecular weight is 522 g/mol. The first-order chi connectivity index (χ1) is 13.0. The smallest absolute Gasteiger partial charge is 0.238 e. The van der Waals surface area contributed by atoms with E-state index in [0.717, 1.165) is 30.7 Å². The second-order valence-electron chi connectivity index (χ2n) is 5.85. The van der Waals surface area contributed by atoms with E-state index in [9.17, 15) is 8.42 Å². The highest BCUT2D eigenvalue weighted by molar-refractivity contribution is 14.0. The van der Waals surface area contributed by atoms with Gasteiger partial charge in [-0.05, 0) is 42.7 Å². The molecule has 4 N–H and O–H groups in total. The molecule has 28 heavy (non-hydrogen) atoms. The maximum atomic E-state index is 11.2. The third-order valence-electron chi connectivity index (χ3n) is 3.76. The lowest BCUT2D eigenvalue weighted by atomic mass is 10.1. The molecule has 1 aromatic heterocycles. The van der Waals surface area contributed by atoms with Crippen LogP contribution in [-0.4, -0.2) is 41.1 Å². The van der Waals surface area contributed by atoms with Crippen LogP contribution in [0.25, 0.3) is 0 Å². The largest absolute Gasteiger partial charge is 0.467 e. The minimum atomic E-state index is -3.65. The van der Waals surface area contributed by atoms with E-state index in [-0.39, 0.29) is 28.9 Å². The molecule has 2 rings (SSSR count). The molecule has 0 bridgehead atoms. The van der Waals surface area contributed by atoms with Crippen molar-refractivity contribution in [3.63, 3.8) is 0 Å². The van der Waals surface area contributed by atoms with Gasteiger partial charge in [-0.1, -0.05) is 12.1 Å². The molecule has 0 aliphatic rings. The fourth-order valence-electron chi connectivity index (χ4n) is 2.34. The van der Waals surface area contributed by atoms with Crippen LogP contribution in [0.4, 0.5) is 0 Å².